The van der Waals surface area contributed by atoms with Gasteiger partial charge in [0, 0.05) is 50.5 Å². The fourth-order valence-electron chi connectivity index (χ4n) is 11.0. The van der Waals surface area contributed by atoms with E-state index in [0.717, 1.165) is 32.4 Å². The van der Waals surface area contributed by atoms with Crippen LogP contribution in [-0.4, -0.2) is 91.1 Å². The van der Waals surface area contributed by atoms with Gasteiger partial charge in [0.2, 0.25) is 0 Å². The molecule has 208 valence electrons. The second-order valence-corrected chi connectivity index (χ2v) is 12.8. The molecule has 6 aliphatic rings. The van der Waals surface area contributed by atoms with E-state index in [0.29, 0.717) is 36.0 Å². The molecule has 38 heavy (non-hydrogen) atoms. The minimum atomic E-state index is -1.37. The van der Waals surface area contributed by atoms with Crippen LogP contribution in [-0.2, 0) is 14.2 Å². The van der Waals surface area contributed by atoms with Crippen LogP contribution in [0.3, 0.4) is 0 Å². The lowest BCUT2D eigenvalue weighted by Gasteiger charge is -2.67. The average Bonchev–Trinajstić information content (AvgIpc) is 3.31. The van der Waals surface area contributed by atoms with Crippen molar-refractivity contribution in [3.8, 4) is 5.75 Å². The third-order valence-electron chi connectivity index (χ3n) is 12.1. The highest BCUT2D eigenvalue weighted by Crippen LogP contribution is 2.77. The highest BCUT2D eigenvalue weighted by Gasteiger charge is 2.84. The van der Waals surface area contributed by atoms with E-state index in [-0.39, 0.29) is 35.3 Å². The molecule has 0 radical (unpaired) electrons. The van der Waals surface area contributed by atoms with Gasteiger partial charge >= 0.3 is 5.97 Å². The van der Waals surface area contributed by atoms with Crippen LogP contribution in [0.1, 0.15) is 49.4 Å². The van der Waals surface area contributed by atoms with Crippen LogP contribution in [0.4, 0.5) is 0 Å². The Morgan fingerprint density at radius 3 is 2.37 bits per heavy atom. The van der Waals surface area contributed by atoms with Crippen LogP contribution in [0.2, 0.25) is 0 Å². The van der Waals surface area contributed by atoms with Crippen LogP contribution in [0.25, 0.3) is 0 Å². The number of aliphatic hydroxyl groups is 2. The standard InChI is InChI=1S/C30H41NO7/c1-5-31-15-17-8-11-22(36-3)30-19(17)12-20(25(30)31)28(33)14-23(37-4)29(34)13-21(30)24(28)26(29)38-27(32)16-6-9-18(35-2)10-7-16/h6-7,9-10,17,19-26,33-34H,5,8,11-15H2,1-4H3/t17-,19+,20-,21+,22-,23-,24+,25?,26+,28-,29-,30?/m0/s1. The second-order valence-electron chi connectivity index (χ2n) is 12.8. The summed E-state index contributed by atoms with van der Waals surface area (Å²) < 4.78 is 23.7. The summed E-state index contributed by atoms with van der Waals surface area (Å²) in [5, 5.41) is 25.1. The first-order valence-electron chi connectivity index (χ1n) is 14.4. The Morgan fingerprint density at radius 2 is 1.71 bits per heavy atom. The van der Waals surface area contributed by atoms with Crippen molar-refractivity contribution < 1.29 is 34.0 Å². The molecule has 1 aromatic carbocycles. The van der Waals surface area contributed by atoms with Gasteiger partial charge in [-0.3, -0.25) is 4.90 Å². The van der Waals surface area contributed by atoms with E-state index in [2.05, 4.69) is 11.8 Å². The molecule has 5 saturated carbocycles. The van der Waals surface area contributed by atoms with Crippen LogP contribution < -0.4 is 4.74 Å². The van der Waals surface area contributed by atoms with E-state index >= 15 is 0 Å². The van der Waals surface area contributed by atoms with Gasteiger partial charge in [0.15, 0.2) is 0 Å². The lowest BCUT2D eigenvalue weighted by atomic mass is 9.46. The van der Waals surface area contributed by atoms with Gasteiger partial charge in [-0.2, -0.15) is 0 Å². The topological polar surface area (TPSA) is 97.7 Å². The van der Waals surface area contributed by atoms with Crippen molar-refractivity contribution in [1.29, 1.82) is 0 Å². The molecule has 2 unspecified atom stereocenters. The number of ether oxygens (including phenoxy) is 4. The smallest absolute Gasteiger partial charge is 0.338 e. The zero-order valence-electron chi connectivity index (χ0n) is 22.8. The van der Waals surface area contributed by atoms with Crippen molar-refractivity contribution in [3.05, 3.63) is 29.8 Å². The number of rotatable bonds is 6. The largest absolute Gasteiger partial charge is 0.497 e. The van der Waals surface area contributed by atoms with Crippen LogP contribution in [0.15, 0.2) is 24.3 Å². The number of fused-ring (bicyclic) bond motifs is 2. The number of hydrogen-bond donors (Lipinski definition) is 2. The van der Waals surface area contributed by atoms with Crippen LogP contribution in [0.5, 0.6) is 5.75 Å². The van der Waals surface area contributed by atoms with Gasteiger partial charge in [0.05, 0.1) is 30.5 Å². The zero-order valence-corrected chi connectivity index (χ0v) is 22.8. The van der Waals surface area contributed by atoms with Gasteiger partial charge in [-0.1, -0.05) is 6.92 Å². The molecule has 5 aliphatic carbocycles. The summed E-state index contributed by atoms with van der Waals surface area (Å²) in [7, 11) is 5.01. The summed E-state index contributed by atoms with van der Waals surface area (Å²) >= 11 is 0. The lowest BCUT2D eigenvalue weighted by Crippen LogP contribution is -2.75. The molecule has 1 aromatic rings. The molecule has 0 aromatic heterocycles. The summed E-state index contributed by atoms with van der Waals surface area (Å²) in [6.07, 6.45) is 2.50. The number of nitrogens with zero attached hydrogens (tertiary/aromatic N) is 1. The Balaban J connectivity index is 1.35. The number of methoxy groups -OCH3 is 3. The molecule has 7 bridgehead atoms. The van der Waals surface area contributed by atoms with E-state index in [1.54, 1.807) is 38.5 Å². The monoisotopic (exact) mass is 527 g/mol. The van der Waals surface area contributed by atoms with Crippen LogP contribution >= 0.6 is 0 Å². The minimum Gasteiger partial charge on any atom is -0.497 e. The molecule has 8 nitrogen and oxygen atoms in total. The Labute approximate surface area is 224 Å². The van der Waals surface area contributed by atoms with Crippen LogP contribution in [0, 0.1) is 35.0 Å². The summed E-state index contributed by atoms with van der Waals surface area (Å²) in [5.41, 5.74) is -2.24. The van der Waals surface area contributed by atoms with Gasteiger partial charge in [-0.25, -0.2) is 4.79 Å². The van der Waals surface area contributed by atoms with E-state index in [1.807, 2.05) is 7.11 Å². The van der Waals surface area contributed by atoms with E-state index in [4.69, 9.17) is 18.9 Å². The predicted molar refractivity (Wildman–Crippen MR) is 138 cm³/mol. The molecular weight excluding hydrogens is 486 g/mol. The Bertz CT molecular complexity index is 1110. The molecule has 1 saturated heterocycles. The summed E-state index contributed by atoms with van der Waals surface area (Å²) in [6.45, 7) is 4.23. The highest BCUT2D eigenvalue weighted by atomic mass is 16.6. The van der Waals surface area contributed by atoms with Crippen molar-refractivity contribution in [2.24, 2.45) is 35.0 Å². The molecule has 1 aliphatic heterocycles. The average molecular weight is 528 g/mol. The van der Waals surface area contributed by atoms with Gasteiger partial charge in [-0.15, -0.1) is 0 Å². The summed E-state index contributed by atoms with van der Waals surface area (Å²) in [6, 6.07) is 7.01. The second kappa shape index (κ2) is 8.40. The molecule has 2 N–H and O–H groups in total. The zero-order chi connectivity index (χ0) is 26.6. The molecule has 1 spiro atoms. The van der Waals surface area contributed by atoms with Crippen molar-refractivity contribution in [1.82, 2.24) is 4.90 Å². The number of benzene rings is 1. The Morgan fingerprint density at radius 1 is 0.974 bits per heavy atom. The number of carbonyl (C=O) groups excluding carboxylic acids is 1. The fraction of sp³-hybridized carbons (Fsp3) is 0.767. The van der Waals surface area contributed by atoms with Crippen molar-refractivity contribution >= 4 is 5.97 Å². The predicted octanol–water partition coefficient (Wildman–Crippen LogP) is 2.50. The number of piperidine rings is 1. The van der Waals surface area contributed by atoms with E-state index in [1.165, 1.54) is 0 Å². The molecular formula is C30H41NO7. The number of likely N-dealkylation sites (tertiary alicyclic amines) is 1. The highest BCUT2D eigenvalue weighted by molar-refractivity contribution is 5.89. The first kappa shape index (κ1) is 25.3. The summed E-state index contributed by atoms with van der Waals surface area (Å²) in [4.78, 5) is 16.1. The first-order chi connectivity index (χ1) is 18.3. The van der Waals surface area contributed by atoms with Crippen molar-refractivity contribution in [2.75, 3.05) is 34.4 Å². The van der Waals surface area contributed by atoms with Gasteiger partial charge < -0.3 is 29.2 Å². The third kappa shape index (κ3) is 2.86. The fourth-order valence-corrected chi connectivity index (χ4v) is 11.0. The number of hydrogen-bond acceptors (Lipinski definition) is 8. The quantitative estimate of drug-likeness (QED) is 0.545. The van der Waals surface area contributed by atoms with Gasteiger partial charge in [0.1, 0.15) is 17.5 Å². The van der Waals surface area contributed by atoms with Gasteiger partial charge in [0.25, 0.3) is 0 Å². The first-order valence-corrected chi connectivity index (χ1v) is 14.4. The molecule has 12 atom stereocenters. The van der Waals surface area contributed by atoms with Crippen molar-refractivity contribution in [2.45, 2.75) is 74.6 Å². The molecule has 1 heterocycles. The van der Waals surface area contributed by atoms with Gasteiger partial charge in [-0.05, 0) is 74.2 Å². The van der Waals surface area contributed by atoms with E-state index in [9.17, 15) is 15.0 Å². The molecule has 6 fully saturated rings. The third-order valence-corrected chi connectivity index (χ3v) is 12.1. The maximum Gasteiger partial charge on any atom is 0.338 e. The normalized spacial score (nSPS) is 50.1. The molecule has 8 heteroatoms. The lowest BCUT2D eigenvalue weighted by molar-refractivity contribution is -0.271. The Hall–Kier alpha value is -1.71. The Kier molecular flexibility index (Phi) is 5.59. The van der Waals surface area contributed by atoms with E-state index < -0.39 is 29.4 Å². The number of carbonyl (C=O) groups is 1. The van der Waals surface area contributed by atoms with Crippen molar-refractivity contribution in [3.63, 3.8) is 0 Å². The SMILES string of the molecule is CCN1C[C@@H]2CC[C@H](OC)C34C1[C@H](C[C@H]23)[C@@]1(O)C[C@H](OC)[C@@]2(O)C[C@@H]4[C@@H]1[C@H]2OC(=O)c1ccc(OC)cc1. The number of esters is 1. The molecule has 7 rings (SSSR count). The summed E-state index contributed by atoms with van der Waals surface area (Å²) in [5.74, 6) is 0.810. The maximum atomic E-state index is 13.5. The molecule has 0 amide bonds. The maximum absolute atomic E-state index is 13.5. The minimum absolute atomic E-state index is 0.0249.